The standard InChI is InChI=1S/C19H38O10P2/c1-7-14(6)29-16(22)18(10-4,11-5)19(30(23,24)25,31(26,27)28)17(8-2,9-3)13-12-15(20)21/h14H,7-13H2,1-6H3,(H,20,21)(H2,23,24,25)(H2,26,27,28). The first-order valence-electron chi connectivity index (χ1n) is 10.6. The Hall–Kier alpha value is -0.760. The largest absolute Gasteiger partial charge is 0.481 e. The van der Waals surface area contributed by atoms with Crippen molar-refractivity contribution in [2.45, 2.75) is 97.5 Å². The first-order chi connectivity index (χ1) is 14.0. The second-order valence-electron chi connectivity index (χ2n) is 8.05. The molecule has 31 heavy (non-hydrogen) atoms. The highest BCUT2D eigenvalue weighted by Crippen LogP contribution is 2.84. The maximum Gasteiger partial charge on any atom is 0.345 e. The van der Waals surface area contributed by atoms with Gasteiger partial charge in [0.05, 0.1) is 11.5 Å². The average Bonchev–Trinajstić information content (AvgIpc) is 2.65. The van der Waals surface area contributed by atoms with Crippen molar-refractivity contribution in [3.63, 3.8) is 0 Å². The minimum absolute atomic E-state index is 0.161. The topological polar surface area (TPSA) is 179 Å². The van der Waals surface area contributed by atoms with Gasteiger partial charge in [0, 0.05) is 11.8 Å². The molecule has 0 aliphatic heterocycles. The molecule has 0 aromatic rings. The van der Waals surface area contributed by atoms with Gasteiger partial charge in [0.1, 0.15) is 0 Å². The molecule has 0 aromatic carbocycles. The quantitative estimate of drug-likeness (QED) is 0.178. The highest BCUT2D eigenvalue weighted by atomic mass is 31.2. The molecule has 0 radical (unpaired) electrons. The van der Waals surface area contributed by atoms with Crippen LogP contribution in [0.4, 0.5) is 0 Å². The molecule has 0 heterocycles. The van der Waals surface area contributed by atoms with E-state index in [4.69, 9.17) is 4.74 Å². The van der Waals surface area contributed by atoms with Gasteiger partial charge in [0.15, 0.2) is 4.90 Å². The van der Waals surface area contributed by atoms with Crippen molar-refractivity contribution in [3.05, 3.63) is 0 Å². The van der Waals surface area contributed by atoms with E-state index in [2.05, 4.69) is 0 Å². The molecular formula is C19H38O10P2. The molecule has 0 fully saturated rings. The molecule has 0 amide bonds. The van der Waals surface area contributed by atoms with Crippen LogP contribution < -0.4 is 0 Å². The Bertz CT molecular complexity index is 693. The van der Waals surface area contributed by atoms with E-state index in [9.17, 15) is 43.4 Å². The molecule has 0 aliphatic rings. The van der Waals surface area contributed by atoms with E-state index in [1.165, 1.54) is 27.7 Å². The summed E-state index contributed by atoms with van der Waals surface area (Å²) in [7, 11) is -11.5. The zero-order chi connectivity index (χ0) is 24.9. The van der Waals surface area contributed by atoms with Crippen molar-refractivity contribution >= 4 is 27.1 Å². The monoisotopic (exact) mass is 488 g/mol. The lowest BCUT2D eigenvalue weighted by Gasteiger charge is -2.57. The third kappa shape index (κ3) is 5.10. The summed E-state index contributed by atoms with van der Waals surface area (Å²) in [4.78, 5) is 64.1. The van der Waals surface area contributed by atoms with Gasteiger partial charge in [-0.05, 0) is 45.4 Å². The number of hydrogen-bond acceptors (Lipinski definition) is 5. The molecule has 1 unspecified atom stereocenters. The van der Waals surface area contributed by atoms with Crippen molar-refractivity contribution < 1.29 is 48.1 Å². The van der Waals surface area contributed by atoms with Crippen LogP contribution in [0.25, 0.3) is 0 Å². The molecule has 0 rings (SSSR count). The van der Waals surface area contributed by atoms with Crippen molar-refractivity contribution in [1.29, 1.82) is 0 Å². The summed E-state index contributed by atoms with van der Waals surface area (Å²) in [6.45, 7) is 9.13. The van der Waals surface area contributed by atoms with Gasteiger partial charge in [-0.1, -0.05) is 34.6 Å². The molecule has 0 saturated heterocycles. The van der Waals surface area contributed by atoms with Crippen LogP contribution in [0, 0.1) is 10.8 Å². The number of esters is 1. The van der Waals surface area contributed by atoms with Crippen LogP contribution in [0.2, 0.25) is 0 Å². The van der Waals surface area contributed by atoms with Gasteiger partial charge in [-0.15, -0.1) is 0 Å². The molecule has 12 heteroatoms. The number of ether oxygens (including phenoxy) is 1. The molecular weight excluding hydrogens is 450 g/mol. The first-order valence-corrected chi connectivity index (χ1v) is 13.8. The molecule has 0 saturated carbocycles. The van der Waals surface area contributed by atoms with E-state index in [-0.39, 0.29) is 25.7 Å². The number of aliphatic carboxylic acids is 1. The predicted octanol–water partition coefficient (Wildman–Crippen LogP) is 3.86. The molecule has 0 aromatic heterocycles. The third-order valence-corrected chi connectivity index (χ3v) is 12.0. The maximum atomic E-state index is 13.4. The highest BCUT2D eigenvalue weighted by molar-refractivity contribution is 7.72. The number of hydrogen-bond donors (Lipinski definition) is 5. The van der Waals surface area contributed by atoms with Gasteiger partial charge in [-0.3, -0.25) is 18.7 Å². The van der Waals surface area contributed by atoms with Gasteiger partial charge < -0.3 is 29.4 Å². The molecule has 1 atom stereocenters. The minimum atomic E-state index is -5.76. The highest BCUT2D eigenvalue weighted by Gasteiger charge is 2.80. The summed E-state index contributed by atoms with van der Waals surface area (Å²) in [5, 5.41) is 9.24. The van der Waals surface area contributed by atoms with E-state index in [1.54, 1.807) is 13.8 Å². The fourth-order valence-electron chi connectivity index (χ4n) is 5.02. The van der Waals surface area contributed by atoms with Crippen LogP contribution in [0.1, 0.15) is 86.5 Å². The summed E-state index contributed by atoms with van der Waals surface area (Å²) >= 11 is 0. The van der Waals surface area contributed by atoms with Crippen LogP contribution in [0.15, 0.2) is 0 Å². The predicted molar refractivity (Wildman–Crippen MR) is 116 cm³/mol. The Morgan fingerprint density at radius 2 is 1.29 bits per heavy atom. The van der Waals surface area contributed by atoms with Crippen molar-refractivity contribution in [1.82, 2.24) is 0 Å². The Morgan fingerprint density at radius 1 is 0.871 bits per heavy atom. The van der Waals surface area contributed by atoms with E-state index in [0.29, 0.717) is 6.42 Å². The van der Waals surface area contributed by atoms with E-state index in [0.717, 1.165) is 0 Å². The van der Waals surface area contributed by atoms with Gasteiger partial charge in [0.2, 0.25) is 0 Å². The van der Waals surface area contributed by atoms with Gasteiger partial charge in [-0.25, -0.2) is 0 Å². The van der Waals surface area contributed by atoms with E-state index >= 15 is 0 Å². The summed E-state index contributed by atoms with van der Waals surface area (Å²) in [5.74, 6) is -2.38. The van der Waals surface area contributed by atoms with Gasteiger partial charge >= 0.3 is 27.1 Å². The van der Waals surface area contributed by atoms with E-state index in [1.807, 2.05) is 0 Å². The van der Waals surface area contributed by atoms with Crippen LogP contribution in [-0.4, -0.2) is 47.6 Å². The fourth-order valence-corrected chi connectivity index (χ4v) is 10.4. The lowest BCUT2D eigenvalue weighted by atomic mass is 9.62. The van der Waals surface area contributed by atoms with Crippen LogP contribution >= 0.6 is 15.2 Å². The third-order valence-electron chi connectivity index (χ3n) is 6.90. The normalized spacial score (nSPS) is 14.9. The summed E-state index contributed by atoms with van der Waals surface area (Å²) < 4.78 is 31.8. The number of carbonyl (C=O) groups is 2. The number of rotatable bonds is 14. The zero-order valence-electron chi connectivity index (χ0n) is 19.2. The Labute approximate surface area is 184 Å². The Morgan fingerprint density at radius 3 is 1.55 bits per heavy atom. The van der Waals surface area contributed by atoms with Gasteiger partial charge in [0.25, 0.3) is 0 Å². The van der Waals surface area contributed by atoms with Crippen LogP contribution in [0.3, 0.4) is 0 Å². The Kier molecular flexibility index (Phi) is 10.6. The maximum absolute atomic E-state index is 13.4. The second kappa shape index (κ2) is 10.9. The van der Waals surface area contributed by atoms with Crippen molar-refractivity contribution in [3.8, 4) is 0 Å². The summed E-state index contributed by atoms with van der Waals surface area (Å²) in [5.41, 5.74) is -4.11. The molecule has 0 aliphatic carbocycles. The van der Waals surface area contributed by atoms with Crippen molar-refractivity contribution in [2.24, 2.45) is 10.8 Å². The Balaban J connectivity index is 7.68. The molecule has 184 valence electrons. The molecule has 0 bridgehead atoms. The van der Waals surface area contributed by atoms with Gasteiger partial charge in [-0.2, -0.15) is 0 Å². The molecule has 0 spiro atoms. The zero-order valence-corrected chi connectivity index (χ0v) is 21.0. The van der Waals surface area contributed by atoms with Crippen molar-refractivity contribution in [2.75, 3.05) is 0 Å². The number of carbonyl (C=O) groups excluding carboxylic acids is 1. The lowest BCUT2D eigenvalue weighted by molar-refractivity contribution is -0.167. The lowest BCUT2D eigenvalue weighted by Crippen LogP contribution is -2.62. The molecule has 5 N–H and O–H groups in total. The second-order valence-corrected chi connectivity index (χ2v) is 11.9. The van der Waals surface area contributed by atoms with Crippen LogP contribution in [0.5, 0.6) is 0 Å². The summed E-state index contributed by atoms with van der Waals surface area (Å²) in [6.07, 6.45) is -2.21. The molecule has 10 nitrogen and oxygen atoms in total. The summed E-state index contributed by atoms with van der Waals surface area (Å²) in [6, 6.07) is 0. The van der Waals surface area contributed by atoms with E-state index < -0.39 is 61.8 Å². The average molecular weight is 488 g/mol. The smallest absolute Gasteiger partial charge is 0.345 e. The first kappa shape index (κ1) is 30.2. The van der Waals surface area contributed by atoms with Crippen LogP contribution in [-0.2, 0) is 23.5 Å². The number of carboxylic acids is 1. The SMILES string of the molecule is CCC(C)OC(=O)C(CC)(CC)C(C(CC)(CC)CCC(=O)O)(P(=O)(O)O)P(=O)(O)O. The fraction of sp³-hybridized carbons (Fsp3) is 0.895. The minimum Gasteiger partial charge on any atom is -0.481 e. The number of carboxylic acid groups (broad SMARTS) is 1.